The van der Waals surface area contributed by atoms with Gasteiger partial charge >= 0.3 is 5.97 Å². The first kappa shape index (κ1) is 8.96. The van der Waals surface area contributed by atoms with Crippen molar-refractivity contribution in [3.05, 3.63) is 23.8 Å². The van der Waals surface area contributed by atoms with Crippen molar-refractivity contribution in [2.24, 2.45) is 0 Å². The molecule has 4 heteroatoms. The molecule has 0 amide bonds. The summed E-state index contributed by atoms with van der Waals surface area (Å²) >= 11 is 0. The lowest BCUT2D eigenvalue weighted by Gasteiger charge is -2.21. The first-order valence-corrected chi connectivity index (χ1v) is 3.49. The largest absolute Gasteiger partial charge is 0.478 e. The molecule has 0 aliphatic heterocycles. The maximum absolute atomic E-state index is 10.6. The summed E-state index contributed by atoms with van der Waals surface area (Å²) in [5.74, 6) is -1.06. The van der Waals surface area contributed by atoms with Crippen LogP contribution in [0.4, 0.5) is 0 Å². The molecule has 0 spiro atoms. The molecule has 0 saturated carbocycles. The third-order valence-corrected chi connectivity index (χ3v) is 1.70. The van der Waals surface area contributed by atoms with Gasteiger partial charge in [-0.25, -0.2) is 4.79 Å². The zero-order valence-corrected chi connectivity index (χ0v) is 6.60. The molecule has 2 atom stereocenters. The number of allylic oxidation sites excluding steroid dienone is 2. The molecule has 66 valence electrons. The first-order chi connectivity index (χ1) is 5.66. The van der Waals surface area contributed by atoms with Crippen LogP contribution in [-0.4, -0.2) is 35.5 Å². The molecule has 0 saturated heterocycles. The number of hydrogen-bond donors (Lipinski definition) is 2. The zero-order chi connectivity index (χ0) is 9.14. The Balaban J connectivity index is 2.88. The molecule has 2 N–H and O–H groups in total. The number of hydrogen-bond acceptors (Lipinski definition) is 3. The summed E-state index contributed by atoms with van der Waals surface area (Å²) in [5.41, 5.74) is 0.0764. The molecule has 0 aromatic heterocycles. The number of carbonyl (C=O) groups is 1. The van der Waals surface area contributed by atoms with Gasteiger partial charge in [-0.3, -0.25) is 0 Å². The van der Waals surface area contributed by atoms with E-state index in [0.717, 1.165) is 0 Å². The third-order valence-electron chi connectivity index (χ3n) is 1.70. The van der Waals surface area contributed by atoms with Crippen molar-refractivity contribution in [3.8, 4) is 0 Å². The maximum atomic E-state index is 10.6. The summed E-state index contributed by atoms with van der Waals surface area (Å²) in [5, 5.41) is 17.9. The Kier molecular flexibility index (Phi) is 2.62. The Hall–Kier alpha value is -1.13. The average molecular weight is 170 g/mol. The fourth-order valence-corrected chi connectivity index (χ4v) is 1.11. The molecule has 4 nitrogen and oxygen atoms in total. The van der Waals surface area contributed by atoms with Crippen molar-refractivity contribution in [2.45, 2.75) is 12.2 Å². The Morgan fingerprint density at radius 1 is 1.67 bits per heavy atom. The highest BCUT2D eigenvalue weighted by molar-refractivity contribution is 5.88. The predicted molar refractivity (Wildman–Crippen MR) is 41.7 cm³/mol. The highest BCUT2D eigenvalue weighted by atomic mass is 16.5. The fourth-order valence-electron chi connectivity index (χ4n) is 1.11. The lowest BCUT2D eigenvalue weighted by molar-refractivity contribution is -0.134. The molecule has 0 heterocycles. The van der Waals surface area contributed by atoms with E-state index in [-0.39, 0.29) is 5.57 Å². The van der Waals surface area contributed by atoms with E-state index in [9.17, 15) is 9.90 Å². The second-order valence-electron chi connectivity index (χ2n) is 2.46. The van der Waals surface area contributed by atoms with E-state index in [2.05, 4.69) is 0 Å². The Morgan fingerprint density at radius 3 is 2.75 bits per heavy atom. The van der Waals surface area contributed by atoms with Gasteiger partial charge in [0, 0.05) is 7.11 Å². The highest BCUT2D eigenvalue weighted by Gasteiger charge is 2.27. The summed E-state index contributed by atoms with van der Waals surface area (Å²) in [7, 11) is 1.36. The molecule has 0 unspecified atom stereocenters. The number of aliphatic carboxylic acids is 1. The van der Waals surface area contributed by atoms with E-state index in [1.54, 1.807) is 0 Å². The lowest BCUT2D eigenvalue weighted by atomic mass is 9.99. The number of ether oxygens (including phenoxy) is 1. The van der Waals surface area contributed by atoms with E-state index >= 15 is 0 Å². The molecule has 12 heavy (non-hydrogen) atoms. The minimum atomic E-state index is -1.06. The fraction of sp³-hybridized carbons (Fsp3) is 0.375. The van der Waals surface area contributed by atoms with Gasteiger partial charge in [0.05, 0.1) is 5.57 Å². The molecular formula is C8H10O4. The van der Waals surface area contributed by atoms with Crippen molar-refractivity contribution in [1.82, 2.24) is 0 Å². The minimum absolute atomic E-state index is 0.0764. The van der Waals surface area contributed by atoms with E-state index in [4.69, 9.17) is 9.84 Å². The smallest absolute Gasteiger partial charge is 0.334 e. The van der Waals surface area contributed by atoms with Gasteiger partial charge in [0.15, 0.2) is 0 Å². The zero-order valence-electron chi connectivity index (χ0n) is 6.60. The average Bonchev–Trinajstić information content (AvgIpc) is 2.03. The van der Waals surface area contributed by atoms with Gasteiger partial charge in [0.2, 0.25) is 0 Å². The van der Waals surface area contributed by atoms with Crippen LogP contribution in [0.5, 0.6) is 0 Å². The Labute approximate surface area is 69.8 Å². The molecule has 0 radical (unpaired) electrons. The molecule has 0 fully saturated rings. The molecule has 0 bridgehead atoms. The number of rotatable bonds is 2. The van der Waals surface area contributed by atoms with E-state index in [1.807, 2.05) is 0 Å². The minimum Gasteiger partial charge on any atom is -0.478 e. The van der Waals surface area contributed by atoms with Crippen molar-refractivity contribution in [1.29, 1.82) is 0 Å². The molecule has 0 aromatic carbocycles. The van der Waals surface area contributed by atoms with Gasteiger partial charge < -0.3 is 14.9 Å². The van der Waals surface area contributed by atoms with Crippen LogP contribution in [0.25, 0.3) is 0 Å². The number of aliphatic hydroxyl groups is 1. The van der Waals surface area contributed by atoms with Gasteiger partial charge in [-0.1, -0.05) is 12.2 Å². The maximum Gasteiger partial charge on any atom is 0.334 e. The third kappa shape index (κ3) is 1.54. The molecule has 1 aliphatic carbocycles. The van der Waals surface area contributed by atoms with Gasteiger partial charge in [0.25, 0.3) is 0 Å². The van der Waals surface area contributed by atoms with Crippen LogP contribution in [-0.2, 0) is 9.53 Å². The lowest BCUT2D eigenvalue weighted by Crippen LogP contribution is -2.33. The van der Waals surface area contributed by atoms with Crippen LogP contribution in [0.2, 0.25) is 0 Å². The topological polar surface area (TPSA) is 66.8 Å². The Bertz CT molecular complexity index is 241. The molecule has 1 aliphatic rings. The second kappa shape index (κ2) is 3.51. The van der Waals surface area contributed by atoms with E-state index in [0.29, 0.717) is 0 Å². The van der Waals surface area contributed by atoms with E-state index < -0.39 is 18.2 Å². The normalized spacial score (nSPS) is 28.3. The SMILES string of the molecule is CO[C@@H]1C(C(=O)O)=CC=C[C@H]1O. The second-order valence-corrected chi connectivity index (χ2v) is 2.46. The monoisotopic (exact) mass is 170 g/mol. The van der Waals surface area contributed by atoms with Gasteiger partial charge in [0.1, 0.15) is 12.2 Å². The summed E-state index contributed by atoms with van der Waals surface area (Å²) in [6.07, 6.45) is 2.78. The van der Waals surface area contributed by atoms with Crippen LogP contribution >= 0.6 is 0 Å². The van der Waals surface area contributed by atoms with Crippen LogP contribution < -0.4 is 0 Å². The number of aliphatic hydroxyl groups excluding tert-OH is 1. The Morgan fingerprint density at radius 2 is 2.33 bits per heavy atom. The van der Waals surface area contributed by atoms with Gasteiger partial charge in [-0.15, -0.1) is 0 Å². The number of carboxylic acid groups (broad SMARTS) is 1. The summed E-state index contributed by atoms with van der Waals surface area (Å²) in [6.45, 7) is 0. The number of carboxylic acids is 1. The van der Waals surface area contributed by atoms with Crippen molar-refractivity contribution in [3.63, 3.8) is 0 Å². The quantitative estimate of drug-likeness (QED) is 0.609. The van der Waals surface area contributed by atoms with Crippen LogP contribution in [0, 0.1) is 0 Å². The molecule has 0 aromatic rings. The highest BCUT2D eigenvalue weighted by Crippen LogP contribution is 2.16. The summed E-state index contributed by atoms with van der Waals surface area (Å²) < 4.78 is 4.83. The summed E-state index contributed by atoms with van der Waals surface area (Å²) in [4.78, 5) is 10.6. The first-order valence-electron chi connectivity index (χ1n) is 3.49. The van der Waals surface area contributed by atoms with Gasteiger partial charge in [-0.05, 0) is 6.08 Å². The number of methoxy groups -OCH3 is 1. The molecule has 1 rings (SSSR count). The van der Waals surface area contributed by atoms with Crippen LogP contribution in [0.1, 0.15) is 0 Å². The van der Waals surface area contributed by atoms with Crippen molar-refractivity contribution < 1.29 is 19.7 Å². The van der Waals surface area contributed by atoms with Crippen molar-refractivity contribution in [2.75, 3.05) is 7.11 Å². The standard InChI is InChI=1S/C8H10O4/c1-12-7-5(8(10)11)3-2-4-6(7)9/h2-4,6-7,9H,1H3,(H,10,11)/t6-,7-/m1/s1. The predicted octanol–water partition coefficient (Wildman–Crippen LogP) is -0.0569. The summed E-state index contributed by atoms with van der Waals surface area (Å²) in [6, 6.07) is 0. The van der Waals surface area contributed by atoms with Crippen molar-refractivity contribution >= 4 is 5.97 Å². The van der Waals surface area contributed by atoms with Crippen LogP contribution in [0.3, 0.4) is 0 Å². The van der Waals surface area contributed by atoms with Crippen LogP contribution in [0.15, 0.2) is 23.8 Å². The molecular weight excluding hydrogens is 160 g/mol. The van der Waals surface area contributed by atoms with E-state index in [1.165, 1.54) is 25.3 Å². The van der Waals surface area contributed by atoms with Gasteiger partial charge in [-0.2, -0.15) is 0 Å².